The summed E-state index contributed by atoms with van der Waals surface area (Å²) < 4.78 is 41.5. The van der Waals surface area contributed by atoms with Gasteiger partial charge in [-0.3, -0.25) is 15.7 Å². The second kappa shape index (κ2) is 5.88. The fourth-order valence-electron chi connectivity index (χ4n) is 1.71. The fraction of sp³-hybridized carbons (Fsp3) is 0.154. The monoisotopic (exact) mass is 299 g/mol. The van der Waals surface area contributed by atoms with Gasteiger partial charge in [0.05, 0.1) is 17.6 Å². The van der Waals surface area contributed by atoms with Crippen molar-refractivity contribution in [2.24, 2.45) is 0 Å². The zero-order valence-corrected chi connectivity index (χ0v) is 10.7. The lowest BCUT2D eigenvalue weighted by molar-refractivity contribution is -0.153. The van der Waals surface area contributed by atoms with Gasteiger partial charge in [0, 0.05) is 11.8 Å². The minimum atomic E-state index is -4.44. The van der Waals surface area contributed by atoms with Crippen molar-refractivity contribution < 1.29 is 23.1 Å². The van der Waals surface area contributed by atoms with Gasteiger partial charge in [0.15, 0.2) is 6.61 Å². The number of aromatic nitrogens is 1. The lowest BCUT2D eigenvalue weighted by atomic mass is 10.0. The first kappa shape index (κ1) is 14.9. The Balaban J connectivity index is 2.35. The highest BCUT2D eigenvalue weighted by Crippen LogP contribution is 2.33. The Morgan fingerprint density at radius 1 is 1.29 bits per heavy atom. The van der Waals surface area contributed by atoms with Crippen molar-refractivity contribution >= 4 is 11.4 Å². The van der Waals surface area contributed by atoms with Crippen LogP contribution in [-0.4, -0.2) is 23.0 Å². The first-order chi connectivity index (χ1) is 9.90. The van der Waals surface area contributed by atoms with Gasteiger partial charge in [-0.1, -0.05) is 6.07 Å². The maximum Gasteiger partial charge on any atom is 0.422 e. The molecule has 4 N–H and O–H groups in total. The lowest BCUT2D eigenvalue weighted by Crippen LogP contribution is -2.19. The number of anilines is 2. The largest absolute Gasteiger partial charge is 0.482 e. The summed E-state index contributed by atoms with van der Waals surface area (Å²) in [6.07, 6.45) is -1.81. The van der Waals surface area contributed by atoms with Crippen molar-refractivity contribution in [3.63, 3.8) is 0 Å². The molecule has 0 saturated heterocycles. The first-order valence-corrected chi connectivity index (χ1v) is 5.84. The van der Waals surface area contributed by atoms with Gasteiger partial charge in [0.2, 0.25) is 0 Å². The summed E-state index contributed by atoms with van der Waals surface area (Å²) >= 11 is 0. The van der Waals surface area contributed by atoms with Gasteiger partial charge in [-0.15, -0.1) is 0 Å². The SMILES string of the molecule is Nc1ccc(-c2ccncc2OCC(F)(F)F)cc1NO. The Kier molecular flexibility index (Phi) is 4.18. The number of rotatable bonds is 4. The third kappa shape index (κ3) is 3.76. The molecule has 0 aliphatic rings. The van der Waals surface area contributed by atoms with E-state index in [0.717, 1.165) is 0 Å². The van der Waals surface area contributed by atoms with E-state index >= 15 is 0 Å². The van der Waals surface area contributed by atoms with Gasteiger partial charge in [0.1, 0.15) is 5.75 Å². The lowest BCUT2D eigenvalue weighted by Gasteiger charge is -2.13. The predicted molar refractivity (Wildman–Crippen MR) is 71.0 cm³/mol. The molecule has 5 nitrogen and oxygen atoms in total. The zero-order valence-electron chi connectivity index (χ0n) is 10.7. The van der Waals surface area contributed by atoms with E-state index in [1.54, 1.807) is 6.07 Å². The molecule has 112 valence electrons. The Labute approximate surface area is 118 Å². The smallest absolute Gasteiger partial charge is 0.422 e. The van der Waals surface area contributed by atoms with Crippen LogP contribution in [0.5, 0.6) is 5.75 Å². The van der Waals surface area contributed by atoms with Gasteiger partial charge in [-0.25, -0.2) is 0 Å². The van der Waals surface area contributed by atoms with Crippen LogP contribution >= 0.6 is 0 Å². The molecule has 0 spiro atoms. The summed E-state index contributed by atoms with van der Waals surface area (Å²) in [6, 6.07) is 6.12. The van der Waals surface area contributed by atoms with Crippen LogP contribution in [0.4, 0.5) is 24.5 Å². The number of alkyl halides is 3. The van der Waals surface area contributed by atoms with E-state index in [9.17, 15) is 13.2 Å². The normalized spacial score (nSPS) is 11.2. The molecule has 1 heterocycles. The molecule has 1 aromatic carbocycles. The maximum absolute atomic E-state index is 12.2. The van der Waals surface area contributed by atoms with Crippen LogP contribution < -0.4 is 16.0 Å². The number of pyridine rings is 1. The molecule has 2 aromatic rings. The van der Waals surface area contributed by atoms with E-state index in [1.807, 2.05) is 5.48 Å². The van der Waals surface area contributed by atoms with Crippen LogP contribution in [0.2, 0.25) is 0 Å². The molecule has 0 unspecified atom stereocenters. The van der Waals surface area contributed by atoms with Crippen LogP contribution in [0, 0.1) is 0 Å². The van der Waals surface area contributed by atoms with E-state index in [2.05, 4.69) is 4.98 Å². The summed E-state index contributed by atoms with van der Waals surface area (Å²) in [4.78, 5) is 3.75. The third-order valence-electron chi connectivity index (χ3n) is 2.66. The summed E-state index contributed by atoms with van der Waals surface area (Å²) in [7, 11) is 0. The first-order valence-electron chi connectivity index (χ1n) is 5.84. The second-order valence-electron chi connectivity index (χ2n) is 4.19. The molecule has 0 bridgehead atoms. The Morgan fingerprint density at radius 2 is 2.05 bits per heavy atom. The molecule has 0 aliphatic heterocycles. The van der Waals surface area contributed by atoms with Crippen LogP contribution in [-0.2, 0) is 0 Å². The highest BCUT2D eigenvalue weighted by atomic mass is 19.4. The number of benzene rings is 1. The highest BCUT2D eigenvalue weighted by molar-refractivity contribution is 5.78. The number of hydrogen-bond acceptors (Lipinski definition) is 5. The molecular formula is C13H12F3N3O2. The Bertz CT molecular complexity index is 632. The van der Waals surface area contributed by atoms with E-state index in [-0.39, 0.29) is 11.4 Å². The third-order valence-corrected chi connectivity index (χ3v) is 2.66. The van der Waals surface area contributed by atoms with Gasteiger partial charge >= 0.3 is 6.18 Å². The van der Waals surface area contributed by atoms with Crippen molar-refractivity contribution in [1.82, 2.24) is 4.98 Å². The molecule has 21 heavy (non-hydrogen) atoms. The Hall–Kier alpha value is -2.48. The van der Waals surface area contributed by atoms with Crippen LogP contribution in [0.3, 0.4) is 0 Å². The fourth-order valence-corrected chi connectivity index (χ4v) is 1.71. The minimum absolute atomic E-state index is 0.0107. The average molecular weight is 299 g/mol. The molecule has 0 aliphatic carbocycles. The van der Waals surface area contributed by atoms with Crippen LogP contribution in [0.15, 0.2) is 36.7 Å². The number of hydrogen-bond donors (Lipinski definition) is 3. The molecule has 0 amide bonds. The summed E-state index contributed by atoms with van der Waals surface area (Å²) in [5.74, 6) is -0.0107. The summed E-state index contributed by atoms with van der Waals surface area (Å²) in [5, 5.41) is 8.95. The van der Waals surface area contributed by atoms with Crippen molar-refractivity contribution in [2.45, 2.75) is 6.18 Å². The van der Waals surface area contributed by atoms with Crippen LogP contribution in [0.1, 0.15) is 0 Å². The quantitative estimate of drug-likeness (QED) is 0.597. The number of halogens is 3. The van der Waals surface area contributed by atoms with Gasteiger partial charge < -0.3 is 10.5 Å². The Morgan fingerprint density at radius 3 is 2.71 bits per heavy atom. The highest BCUT2D eigenvalue weighted by Gasteiger charge is 2.29. The molecule has 2 rings (SSSR count). The van der Waals surface area contributed by atoms with E-state index in [0.29, 0.717) is 16.8 Å². The predicted octanol–water partition coefficient (Wildman–Crippen LogP) is 3.07. The van der Waals surface area contributed by atoms with Crippen molar-refractivity contribution in [1.29, 1.82) is 0 Å². The number of ether oxygens (including phenoxy) is 1. The van der Waals surface area contributed by atoms with Crippen molar-refractivity contribution in [3.8, 4) is 16.9 Å². The zero-order chi connectivity index (χ0) is 15.5. The van der Waals surface area contributed by atoms with Crippen molar-refractivity contribution in [2.75, 3.05) is 17.8 Å². The molecule has 0 fully saturated rings. The van der Waals surface area contributed by atoms with Gasteiger partial charge in [0.25, 0.3) is 0 Å². The molecular weight excluding hydrogens is 287 g/mol. The van der Waals surface area contributed by atoms with Crippen LogP contribution in [0.25, 0.3) is 11.1 Å². The van der Waals surface area contributed by atoms with Gasteiger partial charge in [-0.2, -0.15) is 13.2 Å². The van der Waals surface area contributed by atoms with E-state index in [1.165, 1.54) is 30.6 Å². The number of nitrogen functional groups attached to an aromatic ring is 1. The maximum atomic E-state index is 12.2. The van der Waals surface area contributed by atoms with Crippen molar-refractivity contribution in [3.05, 3.63) is 36.7 Å². The molecule has 0 radical (unpaired) electrons. The number of nitrogens with one attached hydrogen (secondary N) is 1. The van der Waals surface area contributed by atoms with E-state index in [4.69, 9.17) is 15.7 Å². The topological polar surface area (TPSA) is 80.4 Å². The standard InChI is InChI=1S/C13H12F3N3O2/c14-13(15,16)7-21-12-6-18-4-3-9(12)8-1-2-10(17)11(5-8)19-20/h1-6,19-20H,7,17H2. The minimum Gasteiger partial charge on any atom is -0.482 e. The van der Waals surface area contributed by atoms with E-state index < -0.39 is 12.8 Å². The number of nitrogens with two attached hydrogens (primary N) is 1. The molecule has 1 aromatic heterocycles. The summed E-state index contributed by atoms with van der Waals surface area (Å²) in [6.45, 7) is -1.41. The number of nitrogens with zero attached hydrogens (tertiary/aromatic N) is 1. The molecule has 0 atom stereocenters. The molecule has 8 heteroatoms. The summed E-state index contributed by atoms with van der Waals surface area (Å²) in [5.41, 5.74) is 9.01. The second-order valence-corrected chi connectivity index (χ2v) is 4.19. The molecule has 0 saturated carbocycles. The van der Waals surface area contributed by atoms with Gasteiger partial charge in [-0.05, 0) is 23.8 Å². The average Bonchev–Trinajstić information content (AvgIpc) is 2.45.